The molecule has 31 heavy (non-hydrogen) atoms. The molecule has 0 saturated carbocycles. The van der Waals surface area contributed by atoms with Crippen molar-refractivity contribution >= 4 is 40.9 Å². The smallest absolute Gasteiger partial charge is 0.250 e. The number of nitrogens with zero attached hydrogens (tertiary/aromatic N) is 2. The fourth-order valence-electron chi connectivity index (χ4n) is 3.97. The van der Waals surface area contributed by atoms with Crippen LogP contribution in [0.5, 0.6) is 5.75 Å². The number of benzene rings is 2. The van der Waals surface area contributed by atoms with Gasteiger partial charge in [-0.05, 0) is 43.7 Å². The standard InChI is InChI=1S/C24H27Cl2N3O2/c25-20-7-5-8-21(23(20)26)29-14-12-28(13-15-29)11-4-3-10-27-24(30)19-16-18-6-1-2-9-22(18)31-17-19/h1-2,5-9,16H,3-4,10-15,17H2,(H,27,30). The lowest BCUT2D eigenvalue weighted by molar-refractivity contribution is -0.117. The monoisotopic (exact) mass is 459 g/mol. The molecule has 1 N–H and O–H groups in total. The van der Waals surface area contributed by atoms with Gasteiger partial charge in [0.15, 0.2) is 0 Å². The Morgan fingerprint density at radius 3 is 2.65 bits per heavy atom. The molecule has 0 spiro atoms. The number of ether oxygens (including phenoxy) is 1. The SMILES string of the molecule is O=C(NCCCCN1CCN(c2cccc(Cl)c2Cl)CC1)C1=Cc2ccccc2OC1. The van der Waals surface area contributed by atoms with Crippen molar-refractivity contribution in [2.24, 2.45) is 0 Å². The molecule has 0 aromatic heterocycles. The van der Waals surface area contributed by atoms with Gasteiger partial charge >= 0.3 is 0 Å². The Morgan fingerprint density at radius 2 is 1.81 bits per heavy atom. The lowest BCUT2D eigenvalue weighted by Crippen LogP contribution is -2.46. The minimum Gasteiger partial charge on any atom is -0.488 e. The maximum Gasteiger partial charge on any atom is 0.250 e. The van der Waals surface area contributed by atoms with Gasteiger partial charge in [0.2, 0.25) is 0 Å². The minimum atomic E-state index is -0.0403. The molecule has 4 rings (SSSR count). The summed E-state index contributed by atoms with van der Waals surface area (Å²) in [4.78, 5) is 17.2. The van der Waals surface area contributed by atoms with Crippen LogP contribution in [0.3, 0.4) is 0 Å². The zero-order chi connectivity index (χ0) is 21.6. The van der Waals surface area contributed by atoms with Crippen LogP contribution in [0.25, 0.3) is 6.08 Å². The van der Waals surface area contributed by atoms with Crippen LogP contribution in [0.1, 0.15) is 18.4 Å². The molecule has 7 heteroatoms. The predicted molar refractivity (Wildman–Crippen MR) is 127 cm³/mol. The van der Waals surface area contributed by atoms with Crippen LogP contribution in [0.2, 0.25) is 10.0 Å². The van der Waals surface area contributed by atoms with E-state index in [1.807, 2.05) is 48.5 Å². The maximum atomic E-state index is 12.4. The number of para-hydroxylation sites is 1. The van der Waals surface area contributed by atoms with E-state index in [9.17, 15) is 4.79 Å². The van der Waals surface area contributed by atoms with E-state index in [1.54, 1.807) is 0 Å². The molecule has 2 aromatic rings. The molecule has 0 atom stereocenters. The Bertz CT molecular complexity index is 956. The summed E-state index contributed by atoms with van der Waals surface area (Å²) in [5, 5.41) is 4.25. The summed E-state index contributed by atoms with van der Waals surface area (Å²) in [6.07, 6.45) is 3.92. The van der Waals surface area contributed by atoms with E-state index in [0.29, 0.717) is 28.8 Å². The number of hydrogen-bond donors (Lipinski definition) is 1. The number of piperazine rings is 1. The highest BCUT2D eigenvalue weighted by atomic mass is 35.5. The zero-order valence-electron chi connectivity index (χ0n) is 17.4. The summed E-state index contributed by atoms with van der Waals surface area (Å²) < 4.78 is 5.66. The Morgan fingerprint density at radius 1 is 1.00 bits per heavy atom. The highest BCUT2D eigenvalue weighted by Gasteiger charge is 2.20. The Labute approximate surface area is 193 Å². The predicted octanol–water partition coefficient (Wildman–Crippen LogP) is 4.49. The van der Waals surface area contributed by atoms with E-state index < -0.39 is 0 Å². The number of halogens is 2. The van der Waals surface area contributed by atoms with E-state index in [4.69, 9.17) is 27.9 Å². The van der Waals surface area contributed by atoms with Crippen LogP contribution in [0.15, 0.2) is 48.0 Å². The molecule has 2 heterocycles. The number of nitrogens with one attached hydrogen (secondary N) is 1. The van der Waals surface area contributed by atoms with Gasteiger partial charge in [-0.1, -0.05) is 47.5 Å². The van der Waals surface area contributed by atoms with Gasteiger partial charge in [0, 0.05) is 38.3 Å². The molecule has 0 bridgehead atoms. The highest BCUT2D eigenvalue weighted by Crippen LogP contribution is 2.33. The van der Waals surface area contributed by atoms with Crippen LogP contribution in [0, 0.1) is 0 Å². The number of anilines is 1. The van der Waals surface area contributed by atoms with Crippen molar-refractivity contribution in [3.63, 3.8) is 0 Å². The molecule has 164 valence electrons. The van der Waals surface area contributed by atoms with Gasteiger partial charge in [-0.2, -0.15) is 0 Å². The van der Waals surface area contributed by atoms with Crippen molar-refractivity contribution in [1.82, 2.24) is 10.2 Å². The Kier molecular flexibility index (Phi) is 7.38. The fraction of sp³-hybridized carbons (Fsp3) is 0.375. The molecule has 0 aliphatic carbocycles. The van der Waals surface area contributed by atoms with E-state index in [1.165, 1.54) is 0 Å². The van der Waals surface area contributed by atoms with Gasteiger partial charge in [0.25, 0.3) is 5.91 Å². The number of hydrogen-bond acceptors (Lipinski definition) is 4. The average molecular weight is 460 g/mol. The van der Waals surface area contributed by atoms with Crippen LogP contribution in [-0.4, -0.2) is 56.7 Å². The summed E-state index contributed by atoms with van der Waals surface area (Å²) in [5.74, 6) is 0.790. The quantitative estimate of drug-likeness (QED) is 0.619. The van der Waals surface area contributed by atoms with E-state index in [0.717, 1.165) is 62.6 Å². The fourth-order valence-corrected chi connectivity index (χ4v) is 4.39. The number of fused-ring (bicyclic) bond motifs is 1. The molecule has 2 aliphatic rings. The normalized spacial score (nSPS) is 16.3. The van der Waals surface area contributed by atoms with E-state index in [-0.39, 0.29) is 5.91 Å². The number of unbranched alkanes of at least 4 members (excludes halogenated alkanes) is 1. The van der Waals surface area contributed by atoms with Gasteiger partial charge in [-0.25, -0.2) is 0 Å². The van der Waals surface area contributed by atoms with Crippen molar-refractivity contribution < 1.29 is 9.53 Å². The molecule has 5 nitrogen and oxygen atoms in total. The van der Waals surface area contributed by atoms with Crippen LogP contribution < -0.4 is 15.0 Å². The number of carbonyl (C=O) groups is 1. The number of carbonyl (C=O) groups excluding carboxylic acids is 1. The molecule has 1 amide bonds. The van der Waals surface area contributed by atoms with Crippen molar-refractivity contribution in [1.29, 1.82) is 0 Å². The van der Waals surface area contributed by atoms with Crippen molar-refractivity contribution in [2.75, 3.05) is 50.8 Å². The topological polar surface area (TPSA) is 44.8 Å². The van der Waals surface area contributed by atoms with Crippen LogP contribution >= 0.6 is 23.2 Å². The van der Waals surface area contributed by atoms with Crippen molar-refractivity contribution in [2.45, 2.75) is 12.8 Å². The minimum absolute atomic E-state index is 0.0403. The molecule has 0 unspecified atom stereocenters. The van der Waals surface area contributed by atoms with Gasteiger partial charge in [-0.15, -0.1) is 0 Å². The molecule has 0 radical (unpaired) electrons. The lowest BCUT2D eigenvalue weighted by atomic mass is 10.1. The van der Waals surface area contributed by atoms with Gasteiger partial charge in [-0.3, -0.25) is 9.69 Å². The van der Waals surface area contributed by atoms with Gasteiger partial charge in [0.1, 0.15) is 12.4 Å². The largest absolute Gasteiger partial charge is 0.488 e. The second kappa shape index (κ2) is 10.4. The summed E-state index contributed by atoms with van der Waals surface area (Å²) >= 11 is 12.5. The Hall–Kier alpha value is -2.21. The first-order valence-corrected chi connectivity index (χ1v) is 11.5. The number of amides is 1. The van der Waals surface area contributed by atoms with Gasteiger partial charge < -0.3 is 15.0 Å². The summed E-state index contributed by atoms with van der Waals surface area (Å²) in [6.45, 7) is 5.91. The molecule has 2 aromatic carbocycles. The highest BCUT2D eigenvalue weighted by molar-refractivity contribution is 6.43. The summed E-state index contributed by atoms with van der Waals surface area (Å²) in [5.41, 5.74) is 2.65. The molecule has 1 fully saturated rings. The third kappa shape index (κ3) is 5.53. The average Bonchev–Trinajstić information content (AvgIpc) is 2.80. The second-order valence-corrected chi connectivity index (χ2v) is 8.65. The molecule has 2 aliphatic heterocycles. The summed E-state index contributed by atoms with van der Waals surface area (Å²) in [7, 11) is 0. The van der Waals surface area contributed by atoms with Crippen LogP contribution in [-0.2, 0) is 4.79 Å². The third-order valence-electron chi connectivity index (χ3n) is 5.75. The first-order valence-electron chi connectivity index (χ1n) is 10.7. The summed E-state index contributed by atoms with van der Waals surface area (Å²) in [6, 6.07) is 13.5. The first-order chi connectivity index (χ1) is 15.1. The zero-order valence-corrected chi connectivity index (χ0v) is 19.0. The number of rotatable bonds is 7. The van der Waals surface area contributed by atoms with E-state index in [2.05, 4.69) is 15.1 Å². The first kappa shape index (κ1) is 22.0. The lowest BCUT2D eigenvalue weighted by Gasteiger charge is -2.36. The van der Waals surface area contributed by atoms with Crippen molar-refractivity contribution in [3.05, 3.63) is 63.6 Å². The van der Waals surface area contributed by atoms with Crippen LogP contribution in [0.4, 0.5) is 5.69 Å². The molecular weight excluding hydrogens is 433 g/mol. The second-order valence-electron chi connectivity index (χ2n) is 7.86. The molecular formula is C24H27Cl2N3O2. The maximum absolute atomic E-state index is 12.4. The van der Waals surface area contributed by atoms with E-state index >= 15 is 0 Å². The molecule has 1 saturated heterocycles. The Balaban J connectivity index is 1.14. The van der Waals surface area contributed by atoms with Crippen molar-refractivity contribution in [3.8, 4) is 5.75 Å². The van der Waals surface area contributed by atoms with Gasteiger partial charge in [0.05, 0.1) is 21.3 Å². The third-order valence-corrected chi connectivity index (χ3v) is 6.56.